The maximum Gasteiger partial charge on any atom is 0.218 e. The number of sulfonamides is 1. The average Bonchev–Trinajstić information content (AvgIpc) is 2.63. The highest BCUT2D eigenvalue weighted by Crippen LogP contribution is 2.22. The maximum absolute atomic E-state index is 12.2. The molecule has 96 valence electrons. The Morgan fingerprint density at radius 1 is 1.56 bits per heavy atom. The van der Waals surface area contributed by atoms with Crippen molar-refractivity contribution < 1.29 is 13.2 Å². The van der Waals surface area contributed by atoms with E-state index < -0.39 is 15.3 Å². The Morgan fingerprint density at radius 2 is 2.19 bits per heavy atom. The van der Waals surface area contributed by atoms with Crippen molar-refractivity contribution in [3.63, 3.8) is 0 Å². The molecule has 5 nitrogen and oxygen atoms in total. The molecule has 0 aliphatic carbocycles. The molecule has 1 rings (SSSR count). The number of ether oxygens (including phenoxy) is 1. The SMILES string of the molecule is CNCC(C)S(=O)(=O)N(C)C1CCOC1C. The zero-order valence-corrected chi connectivity index (χ0v) is 11.3. The summed E-state index contributed by atoms with van der Waals surface area (Å²) in [5.74, 6) is 0. The first-order valence-electron chi connectivity index (χ1n) is 5.64. The molecule has 0 radical (unpaired) electrons. The quantitative estimate of drug-likeness (QED) is 0.748. The fourth-order valence-electron chi connectivity index (χ4n) is 2.06. The van der Waals surface area contributed by atoms with Crippen molar-refractivity contribution in [1.29, 1.82) is 0 Å². The molecular formula is C10H22N2O3S. The van der Waals surface area contributed by atoms with Crippen LogP contribution in [-0.2, 0) is 14.8 Å². The van der Waals surface area contributed by atoms with Crippen LogP contribution >= 0.6 is 0 Å². The van der Waals surface area contributed by atoms with Crippen molar-refractivity contribution >= 4 is 10.0 Å². The van der Waals surface area contributed by atoms with Gasteiger partial charge in [0, 0.05) is 20.2 Å². The third-order valence-electron chi connectivity index (χ3n) is 3.20. The van der Waals surface area contributed by atoms with Crippen molar-refractivity contribution in [3.8, 4) is 0 Å². The minimum Gasteiger partial charge on any atom is -0.377 e. The first kappa shape index (κ1) is 13.9. The predicted molar refractivity (Wildman–Crippen MR) is 63.9 cm³/mol. The number of hydrogen-bond donors (Lipinski definition) is 1. The monoisotopic (exact) mass is 250 g/mol. The summed E-state index contributed by atoms with van der Waals surface area (Å²) in [5.41, 5.74) is 0. The third-order valence-corrected chi connectivity index (χ3v) is 5.46. The van der Waals surface area contributed by atoms with Gasteiger partial charge in [0.15, 0.2) is 0 Å². The highest BCUT2D eigenvalue weighted by Gasteiger charge is 2.36. The van der Waals surface area contributed by atoms with Crippen LogP contribution in [0.4, 0.5) is 0 Å². The standard InChI is InChI=1S/C10H22N2O3S/c1-8(7-11-3)16(13,14)12(4)10-5-6-15-9(10)2/h8-11H,5-7H2,1-4H3. The van der Waals surface area contributed by atoms with Crippen LogP contribution in [-0.4, -0.2) is 57.4 Å². The molecule has 0 amide bonds. The molecule has 1 saturated heterocycles. The zero-order chi connectivity index (χ0) is 12.3. The van der Waals surface area contributed by atoms with Crippen LogP contribution in [0.2, 0.25) is 0 Å². The second-order valence-electron chi connectivity index (χ2n) is 4.36. The molecule has 6 heteroatoms. The van der Waals surface area contributed by atoms with E-state index in [4.69, 9.17) is 4.74 Å². The van der Waals surface area contributed by atoms with Crippen LogP contribution in [0.1, 0.15) is 20.3 Å². The summed E-state index contributed by atoms with van der Waals surface area (Å²) >= 11 is 0. The Kier molecular flexibility index (Phi) is 4.73. The van der Waals surface area contributed by atoms with E-state index in [1.165, 1.54) is 4.31 Å². The predicted octanol–water partition coefficient (Wildman–Crippen LogP) is 0.0333. The molecule has 3 unspecified atom stereocenters. The van der Waals surface area contributed by atoms with Gasteiger partial charge in [-0.15, -0.1) is 0 Å². The van der Waals surface area contributed by atoms with Crippen molar-refractivity contribution in [1.82, 2.24) is 9.62 Å². The summed E-state index contributed by atoms with van der Waals surface area (Å²) in [6.07, 6.45) is 0.768. The largest absolute Gasteiger partial charge is 0.377 e. The van der Waals surface area contributed by atoms with Crippen LogP contribution in [0, 0.1) is 0 Å². The lowest BCUT2D eigenvalue weighted by molar-refractivity contribution is 0.102. The number of nitrogens with zero attached hydrogens (tertiary/aromatic N) is 1. The molecule has 0 saturated carbocycles. The second kappa shape index (κ2) is 5.44. The second-order valence-corrected chi connectivity index (χ2v) is 6.77. The van der Waals surface area contributed by atoms with Crippen LogP contribution < -0.4 is 5.32 Å². The van der Waals surface area contributed by atoms with Crippen LogP contribution in [0.25, 0.3) is 0 Å². The fraction of sp³-hybridized carbons (Fsp3) is 1.00. The normalized spacial score (nSPS) is 28.6. The van der Waals surface area contributed by atoms with Gasteiger partial charge in [-0.2, -0.15) is 4.31 Å². The molecule has 1 fully saturated rings. The van der Waals surface area contributed by atoms with Gasteiger partial charge >= 0.3 is 0 Å². The molecule has 1 aliphatic rings. The first-order chi connectivity index (χ1) is 7.41. The summed E-state index contributed by atoms with van der Waals surface area (Å²) in [6, 6.07) is -0.0238. The van der Waals surface area contributed by atoms with Gasteiger partial charge in [-0.1, -0.05) is 0 Å². The number of nitrogens with one attached hydrogen (secondary N) is 1. The zero-order valence-electron chi connectivity index (χ0n) is 10.4. The summed E-state index contributed by atoms with van der Waals surface area (Å²) in [4.78, 5) is 0. The Labute approximate surface area is 98.2 Å². The van der Waals surface area contributed by atoms with Gasteiger partial charge in [-0.25, -0.2) is 8.42 Å². The summed E-state index contributed by atoms with van der Waals surface area (Å²) in [7, 11) is 0.181. The molecule has 0 spiro atoms. The van der Waals surface area contributed by atoms with E-state index in [-0.39, 0.29) is 12.1 Å². The van der Waals surface area contributed by atoms with E-state index in [1.54, 1.807) is 21.0 Å². The summed E-state index contributed by atoms with van der Waals surface area (Å²) in [6.45, 7) is 4.76. The van der Waals surface area contributed by atoms with E-state index in [0.29, 0.717) is 13.2 Å². The molecule has 16 heavy (non-hydrogen) atoms. The molecule has 0 aromatic carbocycles. The van der Waals surface area contributed by atoms with Crippen molar-refractivity contribution in [2.45, 2.75) is 37.7 Å². The van der Waals surface area contributed by atoms with Crippen LogP contribution in [0.3, 0.4) is 0 Å². The lowest BCUT2D eigenvalue weighted by atomic mass is 10.2. The topological polar surface area (TPSA) is 58.6 Å². The van der Waals surface area contributed by atoms with Gasteiger partial charge in [0.25, 0.3) is 0 Å². The molecule has 0 aromatic heterocycles. The van der Waals surface area contributed by atoms with Gasteiger partial charge < -0.3 is 10.1 Å². The van der Waals surface area contributed by atoms with Gasteiger partial charge in [0.05, 0.1) is 17.4 Å². The van der Waals surface area contributed by atoms with Crippen LogP contribution in [0.5, 0.6) is 0 Å². The van der Waals surface area contributed by atoms with E-state index >= 15 is 0 Å². The third kappa shape index (κ3) is 2.74. The van der Waals surface area contributed by atoms with E-state index in [0.717, 1.165) is 6.42 Å². The minimum absolute atomic E-state index is 0.0124. The van der Waals surface area contributed by atoms with Gasteiger partial charge in [-0.3, -0.25) is 0 Å². The molecule has 0 bridgehead atoms. The lowest BCUT2D eigenvalue weighted by Gasteiger charge is -2.28. The highest BCUT2D eigenvalue weighted by atomic mass is 32.2. The number of likely N-dealkylation sites (N-methyl/N-ethyl adjacent to an activating group) is 1. The maximum atomic E-state index is 12.2. The lowest BCUT2D eigenvalue weighted by Crippen LogP contribution is -2.46. The summed E-state index contributed by atoms with van der Waals surface area (Å²) in [5, 5.41) is 2.49. The first-order valence-corrected chi connectivity index (χ1v) is 7.14. The van der Waals surface area contributed by atoms with Crippen LogP contribution in [0.15, 0.2) is 0 Å². The van der Waals surface area contributed by atoms with Gasteiger partial charge in [0.1, 0.15) is 0 Å². The van der Waals surface area contributed by atoms with E-state index in [1.807, 2.05) is 6.92 Å². The Morgan fingerprint density at radius 3 is 2.62 bits per heavy atom. The van der Waals surface area contributed by atoms with Crippen molar-refractivity contribution in [2.24, 2.45) is 0 Å². The minimum atomic E-state index is -3.23. The Balaban J connectivity index is 2.75. The molecule has 1 heterocycles. The van der Waals surface area contributed by atoms with Crippen molar-refractivity contribution in [3.05, 3.63) is 0 Å². The highest BCUT2D eigenvalue weighted by molar-refractivity contribution is 7.89. The molecule has 1 aliphatic heterocycles. The fourth-order valence-corrected chi connectivity index (χ4v) is 3.66. The molecule has 0 aromatic rings. The molecular weight excluding hydrogens is 228 g/mol. The Hall–Kier alpha value is -0.170. The van der Waals surface area contributed by atoms with Crippen molar-refractivity contribution in [2.75, 3.05) is 27.2 Å². The van der Waals surface area contributed by atoms with E-state index in [2.05, 4.69) is 5.32 Å². The number of rotatable bonds is 5. The van der Waals surface area contributed by atoms with Gasteiger partial charge in [-0.05, 0) is 27.3 Å². The Bertz CT molecular complexity index is 318. The average molecular weight is 250 g/mol. The molecule has 1 N–H and O–H groups in total. The smallest absolute Gasteiger partial charge is 0.218 e. The number of hydrogen-bond acceptors (Lipinski definition) is 4. The molecule has 3 atom stereocenters. The van der Waals surface area contributed by atoms with E-state index in [9.17, 15) is 8.42 Å². The summed E-state index contributed by atoms with van der Waals surface area (Å²) < 4.78 is 31.2. The van der Waals surface area contributed by atoms with Gasteiger partial charge in [0.2, 0.25) is 10.0 Å².